The first-order valence-corrected chi connectivity index (χ1v) is 11.6. The largest absolute Gasteiger partial charge is 0.213 e. The first-order valence-electron chi connectivity index (χ1n) is 11.6. The molecule has 0 spiro atoms. The molecule has 0 atom stereocenters. The van der Waals surface area contributed by atoms with Crippen LogP contribution >= 0.6 is 0 Å². The molecule has 1 heterocycles. The number of nitrogens with zero attached hydrogens (tertiary/aromatic N) is 1. The van der Waals surface area contributed by atoms with E-state index in [1.165, 1.54) is 65.7 Å². The fraction of sp³-hybridized carbons (Fsp3) is 0.233. The Morgan fingerprint density at radius 2 is 0.968 bits per heavy atom. The zero-order valence-corrected chi connectivity index (χ0v) is 18.1. The van der Waals surface area contributed by atoms with E-state index in [4.69, 9.17) is 0 Å². The van der Waals surface area contributed by atoms with Crippen LogP contribution in [0.4, 0.5) is 0 Å². The second-order valence-corrected chi connectivity index (χ2v) is 8.73. The topological polar surface area (TPSA) is 3.88 Å². The summed E-state index contributed by atoms with van der Waals surface area (Å²) in [5, 5.41) is 0. The monoisotopic (exact) mass is 404 g/mol. The maximum atomic E-state index is 2.59. The summed E-state index contributed by atoms with van der Waals surface area (Å²) in [5.74, 6) is 0.756. The Kier molecular flexibility index (Phi) is 5.93. The van der Waals surface area contributed by atoms with Gasteiger partial charge < -0.3 is 0 Å². The van der Waals surface area contributed by atoms with E-state index in [9.17, 15) is 0 Å². The van der Waals surface area contributed by atoms with Gasteiger partial charge in [0.15, 0.2) is 6.54 Å². The van der Waals surface area contributed by atoms with E-state index in [1.54, 1.807) is 0 Å². The smallest absolute Gasteiger partial charge is 0.191 e. The van der Waals surface area contributed by atoms with Crippen LogP contribution in [0.5, 0.6) is 0 Å². The second-order valence-electron chi connectivity index (χ2n) is 8.73. The van der Waals surface area contributed by atoms with E-state index >= 15 is 0 Å². The average Bonchev–Trinajstić information content (AvgIpc) is 2.86. The van der Waals surface area contributed by atoms with Crippen molar-refractivity contribution in [2.24, 2.45) is 5.92 Å². The molecule has 1 heteroatoms. The maximum Gasteiger partial charge on any atom is 0.213 e. The molecule has 1 aliphatic rings. The molecule has 5 rings (SSSR count). The van der Waals surface area contributed by atoms with Crippen LogP contribution in [0.15, 0.2) is 103 Å². The van der Waals surface area contributed by atoms with Crippen molar-refractivity contribution in [1.82, 2.24) is 0 Å². The number of hydrogen-bond acceptors (Lipinski definition) is 0. The zero-order valence-electron chi connectivity index (χ0n) is 18.1. The molecule has 3 aromatic carbocycles. The lowest BCUT2D eigenvalue weighted by Crippen LogP contribution is -2.42. The van der Waals surface area contributed by atoms with E-state index in [1.807, 2.05) is 0 Å². The summed E-state index contributed by atoms with van der Waals surface area (Å²) in [6.07, 6.45) is 6.82. The molecular formula is C30H30N+. The van der Waals surface area contributed by atoms with Crippen molar-refractivity contribution in [1.29, 1.82) is 0 Å². The van der Waals surface area contributed by atoms with E-state index < -0.39 is 0 Å². The van der Waals surface area contributed by atoms with Crippen molar-refractivity contribution in [2.45, 2.75) is 38.6 Å². The first kappa shape index (κ1) is 19.8. The van der Waals surface area contributed by atoms with Crippen molar-refractivity contribution in [3.8, 4) is 33.6 Å². The van der Waals surface area contributed by atoms with Crippen molar-refractivity contribution >= 4 is 0 Å². The normalized spacial score (nSPS) is 14.5. The van der Waals surface area contributed by atoms with Crippen LogP contribution in [0, 0.1) is 5.92 Å². The second kappa shape index (κ2) is 9.31. The third kappa shape index (κ3) is 4.46. The highest BCUT2D eigenvalue weighted by Gasteiger charge is 2.26. The highest BCUT2D eigenvalue weighted by Crippen LogP contribution is 2.31. The molecule has 1 aromatic heterocycles. The summed E-state index contributed by atoms with van der Waals surface area (Å²) >= 11 is 0. The highest BCUT2D eigenvalue weighted by atomic mass is 15.0. The summed E-state index contributed by atoms with van der Waals surface area (Å²) in [5.41, 5.74) is 7.74. The summed E-state index contributed by atoms with van der Waals surface area (Å²) < 4.78 is 2.59. The van der Waals surface area contributed by atoms with Crippen molar-refractivity contribution in [2.75, 3.05) is 0 Å². The number of pyridine rings is 1. The van der Waals surface area contributed by atoms with Gasteiger partial charge in [0.2, 0.25) is 11.4 Å². The Bertz CT molecular complexity index is 1050. The predicted octanol–water partition coefficient (Wildman–Crippen LogP) is 7.56. The van der Waals surface area contributed by atoms with Crippen molar-refractivity contribution in [3.05, 3.63) is 103 Å². The molecule has 0 radical (unpaired) electrons. The van der Waals surface area contributed by atoms with Crippen LogP contribution in [-0.4, -0.2) is 0 Å². The van der Waals surface area contributed by atoms with Gasteiger partial charge in [-0.05, 0) is 48.2 Å². The molecule has 4 aromatic rings. The van der Waals surface area contributed by atoms with Gasteiger partial charge in [-0.1, -0.05) is 86.0 Å². The molecule has 0 aliphatic heterocycles. The van der Waals surface area contributed by atoms with E-state index in [0.717, 1.165) is 12.5 Å². The Hall–Kier alpha value is -3.19. The fourth-order valence-electron chi connectivity index (χ4n) is 4.94. The van der Waals surface area contributed by atoms with Crippen molar-refractivity contribution < 1.29 is 4.57 Å². The summed E-state index contributed by atoms with van der Waals surface area (Å²) in [6.45, 7) is 1.09. The minimum absolute atomic E-state index is 0.756. The molecule has 1 nitrogen and oxygen atoms in total. The van der Waals surface area contributed by atoms with Gasteiger partial charge in [0, 0.05) is 29.2 Å². The molecule has 1 fully saturated rings. The molecule has 31 heavy (non-hydrogen) atoms. The summed E-state index contributed by atoms with van der Waals surface area (Å²) in [6, 6.07) is 37.3. The minimum Gasteiger partial charge on any atom is -0.191 e. The Morgan fingerprint density at radius 3 is 1.45 bits per heavy atom. The quantitative estimate of drug-likeness (QED) is 0.302. The Balaban J connectivity index is 1.73. The molecule has 0 bridgehead atoms. The standard InChI is InChI=1S/C30H30N/c1-5-13-24(14-6-1)23-31-29(26-17-9-3-10-18-26)21-28(25-15-7-2-8-16-25)22-30(31)27-19-11-4-12-20-27/h2-4,7-12,15-22,24H,1,5-6,13-14,23H2/q+1. The molecule has 1 aliphatic carbocycles. The maximum absolute atomic E-state index is 2.59. The SMILES string of the molecule is c1ccc(-c2cc(-c3ccccc3)[n+](CC3CCCCC3)c(-c3ccccc3)c2)cc1. The Labute approximate surface area is 186 Å². The van der Waals surface area contributed by atoms with Crippen LogP contribution in [0.3, 0.4) is 0 Å². The van der Waals surface area contributed by atoms with Crippen LogP contribution in [0.2, 0.25) is 0 Å². The van der Waals surface area contributed by atoms with E-state index in [-0.39, 0.29) is 0 Å². The van der Waals surface area contributed by atoms with Crippen LogP contribution < -0.4 is 4.57 Å². The van der Waals surface area contributed by atoms with Gasteiger partial charge in [-0.3, -0.25) is 0 Å². The van der Waals surface area contributed by atoms with Gasteiger partial charge in [0.05, 0.1) is 0 Å². The lowest BCUT2D eigenvalue weighted by atomic mass is 9.88. The lowest BCUT2D eigenvalue weighted by Gasteiger charge is -2.21. The van der Waals surface area contributed by atoms with Crippen LogP contribution in [0.1, 0.15) is 32.1 Å². The van der Waals surface area contributed by atoms with Gasteiger partial charge in [0.25, 0.3) is 0 Å². The Morgan fingerprint density at radius 1 is 0.516 bits per heavy atom. The van der Waals surface area contributed by atoms with Gasteiger partial charge >= 0.3 is 0 Å². The summed E-state index contributed by atoms with van der Waals surface area (Å²) in [7, 11) is 0. The molecular weight excluding hydrogens is 374 g/mol. The van der Waals surface area contributed by atoms with Crippen LogP contribution in [-0.2, 0) is 6.54 Å². The van der Waals surface area contributed by atoms with Crippen molar-refractivity contribution in [3.63, 3.8) is 0 Å². The third-order valence-corrected chi connectivity index (χ3v) is 6.58. The molecule has 0 unspecified atom stereocenters. The number of rotatable bonds is 5. The minimum atomic E-state index is 0.756. The van der Waals surface area contributed by atoms with Crippen LogP contribution in [0.25, 0.3) is 33.6 Å². The van der Waals surface area contributed by atoms with Gasteiger partial charge in [-0.15, -0.1) is 0 Å². The van der Waals surface area contributed by atoms with E-state index in [2.05, 4.69) is 108 Å². The fourth-order valence-corrected chi connectivity index (χ4v) is 4.94. The molecule has 0 saturated heterocycles. The predicted molar refractivity (Wildman–Crippen MR) is 130 cm³/mol. The lowest BCUT2D eigenvalue weighted by molar-refractivity contribution is -0.682. The number of aromatic nitrogens is 1. The number of benzene rings is 3. The molecule has 154 valence electrons. The highest BCUT2D eigenvalue weighted by molar-refractivity contribution is 5.73. The molecule has 1 saturated carbocycles. The zero-order chi connectivity index (χ0) is 20.9. The van der Waals surface area contributed by atoms with Gasteiger partial charge in [-0.2, -0.15) is 4.57 Å². The molecule has 0 N–H and O–H groups in total. The summed E-state index contributed by atoms with van der Waals surface area (Å²) in [4.78, 5) is 0. The third-order valence-electron chi connectivity index (χ3n) is 6.58. The van der Waals surface area contributed by atoms with Gasteiger partial charge in [-0.25, -0.2) is 0 Å². The van der Waals surface area contributed by atoms with Gasteiger partial charge in [0.1, 0.15) is 0 Å². The number of hydrogen-bond donors (Lipinski definition) is 0. The molecule has 0 amide bonds. The van der Waals surface area contributed by atoms with E-state index in [0.29, 0.717) is 0 Å². The average molecular weight is 405 g/mol. The first-order chi connectivity index (χ1) is 15.4.